The SMILES string of the molecule is CCNC(=O)c1sc(NC)nc1N. The number of nitrogen functional groups attached to an aromatic ring is 1. The lowest BCUT2D eigenvalue weighted by atomic mass is 10.4. The maximum absolute atomic E-state index is 11.3. The van der Waals surface area contributed by atoms with Crippen molar-refractivity contribution in [2.45, 2.75) is 6.92 Å². The van der Waals surface area contributed by atoms with Crippen molar-refractivity contribution in [2.75, 3.05) is 24.6 Å². The molecule has 0 aliphatic carbocycles. The maximum atomic E-state index is 11.3. The Hall–Kier alpha value is -1.30. The monoisotopic (exact) mass is 200 g/mol. The van der Waals surface area contributed by atoms with Crippen molar-refractivity contribution in [1.82, 2.24) is 10.3 Å². The molecule has 1 aromatic heterocycles. The number of aromatic nitrogens is 1. The van der Waals surface area contributed by atoms with Crippen LogP contribution in [0.25, 0.3) is 0 Å². The van der Waals surface area contributed by atoms with Gasteiger partial charge in [0.2, 0.25) is 0 Å². The predicted molar refractivity (Wildman–Crippen MR) is 54.1 cm³/mol. The van der Waals surface area contributed by atoms with E-state index in [1.807, 2.05) is 6.92 Å². The second-order valence-electron chi connectivity index (χ2n) is 2.34. The Morgan fingerprint density at radius 3 is 2.85 bits per heavy atom. The summed E-state index contributed by atoms with van der Waals surface area (Å²) in [5, 5.41) is 6.15. The highest BCUT2D eigenvalue weighted by molar-refractivity contribution is 7.18. The smallest absolute Gasteiger partial charge is 0.265 e. The van der Waals surface area contributed by atoms with E-state index in [0.717, 1.165) is 0 Å². The van der Waals surface area contributed by atoms with E-state index in [2.05, 4.69) is 15.6 Å². The van der Waals surface area contributed by atoms with Gasteiger partial charge in [-0.05, 0) is 6.92 Å². The lowest BCUT2D eigenvalue weighted by Crippen LogP contribution is -2.22. The summed E-state index contributed by atoms with van der Waals surface area (Å²) in [6, 6.07) is 0. The number of carbonyl (C=O) groups excluding carboxylic acids is 1. The number of carbonyl (C=O) groups is 1. The molecule has 6 heteroatoms. The van der Waals surface area contributed by atoms with E-state index in [1.165, 1.54) is 11.3 Å². The number of nitrogens with one attached hydrogen (secondary N) is 2. The summed E-state index contributed by atoms with van der Waals surface area (Å²) in [5.41, 5.74) is 5.55. The number of nitrogens with zero attached hydrogens (tertiary/aromatic N) is 1. The summed E-state index contributed by atoms with van der Waals surface area (Å²) in [6.45, 7) is 2.44. The highest BCUT2D eigenvalue weighted by atomic mass is 32.1. The first kappa shape index (κ1) is 9.79. The fraction of sp³-hybridized carbons (Fsp3) is 0.429. The van der Waals surface area contributed by atoms with Crippen molar-refractivity contribution in [3.8, 4) is 0 Å². The van der Waals surface area contributed by atoms with E-state index in [-0.39, 0.29) is 11.7 Å². The minimum absolute atomic E-state index is 0.168. The minimum Gasteiger partial charge on any atom is -0.382 e. The zero-order valence-electron chi connectivity index (χ0n) is 7.55. The van der Waals surface area contributed by atoms with Crippen LogP contribution >= 0.6 is 11.3 Å². The molecule has 0 atom stereocenters. The molecular weight excluding hydrogens is 188 g/mol. The molecule has 1 rings (SSSR count). The van der Waals surface area contributed by atoms with Crippen LogP contribution in [0.15, 0.2) is 0 Å². The standard InChI is InChI=1S/C7H12N4OS/c1-3-10-6(12)4-5(8)11-7(9-2)13-4/h3,8H2,1-2H3,(H,9,11)(H,10,12). The molecular formula is C7H12N4OS. The molecule has 0 saturated carbocycles. The van der Waals surface area contributed by atoms with Crippen LogP contribution < -0.4 is 16.4 Å². The van der Waals surface area contributed by atoms with Gasteiger partial charge in [0.25, 0.3) is 5.91 Å². The van der Waals surface area contributed by atoms with E-state index in [4.69, 9.17) is 5.73 Å². The highest BCUT2D eigenvalue weighted by Gasteiger charge is 2.14. The first-order chi connectivity index (χ1) is 6.19. The van der Waals surface area contributed by atoms with Crippen LogP contribution in [0, 0.1) is 0 Å². The average molecular weight is 200 g/mol. The Bertz CT molecular complexity index is 309. The first-order valence-electron chi connectivity index (χ1n) is 3.91. The van der Waals surface area contributed by atoms with Crippen molar-refractivity contribution < 1.29 is 4.79 Å². The number of anilines is 2. The molecule has 0 spiro atoms. The quantitative estimate of drug-likeness (QED) is 0.664. The first-order valence-corrected chi connectivity index (χ1v) is 4.73. The van der Waals surface area contributed by atoms with E-state index in [1.54, 1.807) is 7.05 Å². The van der Waals surface area contributed by atoms with Gasteiger partial charge in [0.1, 0.15) is 10.7 Å². The van der Waals surface area contributed by atoms with Crippen LogP contribution in [-0.2, 0) is 0 Å². The lowest BCUT2D eigenvalue weighted by molar-refractivity contribution is 0.0960. The van der Waals surface area contributed by atoms with Gasteiger partial charge in [0, 0.05) is 13.6 Å². The second-order valence-corrected chi connectivity index (χ2v) is 3.34. The van der Waals surface area contributed by atoms with Gasteiger partial charge < -0.3 is 16.4 Å². The van der Waals surface area contributed by atoms with Crippen molar-refractivity contribution in [1.29, 1.82) is 0 Å². The number of hydrogen-bond acceptors (Lipinski definition) is 5. The number of nitrogens with two attached hydrogens (primary N) is 1. The number of amides is 1. The zero-order chi connectivity index (χ0) is 9.84. The molecule has 0 bridgehead atoms. The van der Waals surface area contributed by atoms with Crippen molar-refractivity contribution in [3.05, 3.63) is 4.88 Å². The predicted octanol–water partition coefficient (Wildman–Crippen LogP) is 0.517. The van der Waals surface area contributed by atoms with Crippen LogP contribution in [0.4, 0.5) is 10.9 Å². The molecule has 1 heterocycles. The molecule has 5 nitrogen and oxygen atoms in total. The third kappa shape index (κ3) is 2.09. The molecule has 0 saturated heterocycles. The van der Waals surface area contributed by atoms with Gasteiger partial charge in [-0.25, -0.2) is 4.98 Å². The van der Waals surface area contributed by atoms with Gasteiger partial charge in [-0.3, -0.25) is 4.79 Å². The summed E-state index contributed by atoms with van der Waals surface area (Å²) in [7, 11) is 1.74. The van der Waals surface area contributed by atoms with Crippen LogP contribution in [-0.4, -0.2) is 24.5 Å². The minimum atomic E-state index is -0.168. The van der Waals surface area contributed by atoms with Crippen LogP contribution in [0.5, 0.6) is 0 Å². The molecule has 1 amide bonds. The Balaban J connectivity index is 2.87. The fourth-order valence-electron chi connectivity index (χ4n) is 0.842. The second kappa shape index (κ2) is 4.08. The molecule has 0 radical (unpaired) electrons. The fourth-order valence-corrected chi connectivity index (χ4v) is 1.60. The van der Waals surface area contributed by atoms with Gasteiger partial charge in [-0.1, -0.05) is 11.3 Å². The Morgan fingerprint density at radius 1 is 1.69 bits per heavy atom. The third-order valence-corrected chi connectivity index (χ3v) is 2.50. The van der Waals surface area contributed by atoms with Crippen molar-refractivity contribution in [2.24, 2.45) is 0 Å². The van der Waals surface area contributed by atoms with Gasteiger partial charge >= 0.3 is 0 Å². The Labute approximate surface area is 80.4 Å². The normalized spacial score (nSPS) is 9.69. The maximum Gasteiger partial charge on any atom is 0.265 e. The molecule has 1 aromatic rings. The largest absolute Gasteiger partial charge is 0.382 e. The summed E-state index contributed by atoms with van der Waals surface area (Å²) in [4.78, 5) is 15.8. The number of hydrogen-bond donors (Lipinski definition) is 3. The van der Waals surface area contributed by atoms with Crippen LogP contribution in [0.1, 0.15) is 16.6 Å². The third-order valence-electron chi connectivity index (χ3n) is 1.41. The average Bonchev–Trinajstić information content (AvgIpc) is 2.47. The van der Waals surface area contributed by atoms with Crippen molar-refractivity contribution >= 4 is 28.2 Å². The lowest BCUT2D eigenvalue weighted by Gasteiger charge is -1.97. The highest BCUT2D eigenvalue weighted by Crippen LogP contribution is 2.23. The number of rotatable bonds is 3. The van der Waals surface area contributed by atoms with E-state index in [9.17, 15) is 4.79 Å². The van der Waals surface area contributed by atoms with E-state index in [0.29, 0.717) is 16.6 Å². The Kier molecular flexibility index (Phi) is 3.07. The summed E-state index contributed by atoms with van der Waals surface area (Å²) < 4.78 is 0. The molecule has 0 aliphatic heterocycles. The summed E-state index contributed by atoms with van der Waals surface area (Å²) in [6.07, 6.45) is 0. The van der Waals surface area contributed by atoms with Gasteiger partial charge in [-0.2, -0.15) is 0 Å². The van der Waals surface area contributed by atoms with E-state index >= 15 is 0 Å². The van der Waals surface area contributed by atoms with Gasteiger partial charge in [0.15, 0.2) is 5.13 Å². The summed E-state index contributed by atoms with van der Waals surface area (Å²) >= 11 is 1.25. The molecule has 72 valence electrons. The van der Waals surface area contributed by atoms with Gasteiger partial charge in [0.05, 0.1) is 0 Å². The van der Waals surface area contributed by atoms with Crippen LogP contribution in [0.2, 0.25) is 0 Å². The number of thiazole rings is 1. The topological polar surface area (TPSA) is 80.0 Å². The Morgan fingerprint density at radius 2 is 2.38 bits per heavy atom. The molecule has 0 fully saturated rings. The molecule has 0 aliphatic rings. The van der Waals surface area contributed by atoms with E-state index < -0.39 is 0 Å². The molecule has 0 unspecified atom stereocenters. The zero-order valence-corrected chi connectivity index (χ0v) is 8.36. The molecule has 13 heavy (non-hydrogen) atoms. The summed E-state index contributed by atoms with van der Waals surface area (Å²) in [5.74, 6) is 0.110. The van der Waals surface area contributed by atoms with Gasteiger partial charge in [-0.15, -0.1) is 0 Å². The molecule has 4 N–H and O–H groups in total. The molecule has 0 aromatic carbocycles. The van der Waals surface area contributed by atoms with Crippen LogP contribution in [0.3, 0.4) is 0 Å². The van der Waals surface area contributed by atoms with Crippen molar-refractivity contribution in [3.63, 3.8) is 0 Å².